The van der Waals surface area contributed by atoms with Crippen molar-refractivity contribution in [1.82, 2.24) is 0 Å². The van der Waals surface area contributed by atoms with Crippen molar-refractivity contribution in [3.05, 3.63) is 340 Å². The fourth-order valence-electron chi connectivity index (χ4n) is 14.8. The normalized spacial score (nSPS) is 12.7. The molecule has 0 amide bonds. The van der Waals surface area contributed by atoms with Gasteiger partial charge in [0.25, 0.3) is 13.4 Å². The Labute approximate surface area is 541 Å². The number of nitrogens with zero attached hydrogens (tertiary/aromatic N) is 4. The van der Waals surface area contributed by atoms with Gasteiger partial charge in [0.15, 0.2) is 0 Å². The van der Waals surface area contributed by atoms with Crippen molar-refractivity contribution in [1.29, 1.82) is 0 Å². The Morgan fingerprint density at radius 1 is 0.272 bits per heavy atom. The average Bonchev–Trinajstić information content (AvgIpc) is 0.693. The fourth-order valence-corrected chi connectivity index (χ4v) is 16.0. The van der Waals surface area contributed by atoms with Crippen molar-refractivity contribution in [3.8, 4) is 44.9 Å². The van der Waals surface area contributed by atoms with Gasteiger partial charge in [0.1, 0.15) is 11.5 Å². The Hall–Kier alpha value is -11.4. The number of hydrogen-bond acceptors (Lipinski definition) is 6. The number of benzene rings is 14. The molecule has 0 saturated carbocycles. The smallest absolute Gasteiger partial charge is 0.253 e. The molecular formula is C84H56B2N4OS. The third-order valence-corrected chi connectivity index (χ3v) is 19.8. The van der Waals surface area contributed by atoms with Crippen LogP contribution < -0.4 is 57.1 Å². The maximum Gasteiger partial charge on any atom is 0.253 e. The molecule has 0 aliphatic carbocycles. The topological polar surface area (TPSA) is 22.2 Å². The Bertz CT molecular complexity index is 5100. The lowest BCUT2D eigenvalue weighted by Crippen LogP contribution is -2.64. The van der Waals surface area contributed by atoms with E-state index in [2.05, 4.69) is 359 Å². The minimum Gasteiger partial charge on any atom is -0.458 e. The molecule has 0 saturated heterocycles. The van der Waals surface area contributed by atoms with Crippen molar-refractivity contribution in [2.45, 2.75) is 9.79 Å². The molecule has 4 aliphatic heterocycles. The lowest BCUT2D eigenvalue weighted by Gasteiger charge is -2.46. The number of rotatable bonds is 11. The molecule has 18 rings (SSSR count). The van der Waals surface area contributed by atoms with Crippen molar-refractivity contribution < 1.29 is 4.74 Å². The van der Waals surface area contributed by atoms with Crippen molar-refractivity contribution >= 4 is 126 Å². The summed E-state index contributed by atoms with van der Waals surface area (Å²) in [7, 11) is 0. The van der Waals surface area contributed by atoms with Gasteiger partial charge in [-0.05, 0) is 147 Å². The van der Waals surface area contributed by atoms with Crippen LogP contribution in [0.3, 0.4) is 0 Å². The third-order valence-electron chi connectivity index (χ3n) is 18.7. The van der Waals surface area contributed by atoms with Gasteiger partial charge >= 0.3 is 0 Å². The first-order valence-corrected chi connectivity index (χ1v) is 32.4. The third kappa shape index (κ3) is 8.89. The van der Waals surface area contributed by atoms with Gasteiger partial charge in [0.2, 0.25) is 0 Å². The first-order valence-electron chi connectivity index (χ1n) is 31.5. The van der Waals surface area contributed by atoms with E-state index in [9.17, 15) is 0 Å². The van der Waals surface area contributed by atoms with Gasteiger partial charge in [-0.25, -0.2) is 0 Å². The maximum atomic E-state index is 7.29. The standard InChI is InChI=1S/C84H56B2N4OS/c1-7-27-57(28-8-1)58-47-49-64(50-48-58)88(73-43-23-19-39-67(73)59-29-9-2-10-30-59)66-53-80-84-82(54-66)92-81-56-76-71(55-72(81)86(84)70-42-22-26-46-79(70)91-80)85-69-41-21-25-45-75(69)89(63-37-17-6-18-38-63)77-51-65(87(61-33-13-4-14-34-61)62-35-15-5-16-36-62)52-78(83(77)85)90(76)74-44-24-20-40-68(74)60-31-11-3-12-32-60/h1-56H. The molecule has 430 valence electrons. The van der Waals surface area contributed by atoms with E-state index in [1.54, 1.807) is 0 Å². The number of ether oxygens (including phenoxy) is 1. The molecule has 0 radical (unpaired) electrons. The van der Waals surface area contributed by atoms with Crippen LogP contribution in [0.2, 0.25) is 0 Å². The van der Waals surface area contributed by atoms with Crippen LogP contribution in [0.4, 0.5) is 68.2 Å². The Balaban J connectivity index is 0.899. The van der Waals surface area contributed by atoms with E-state index in [-0.39, 0.29) is 13.4 Å². The lowest BCUT2D eigenvalue weighted by atomic mass is 9.31. The van der Waals surface area contributed by atoms with Gasteiger partial charge in [-0.1, -0.05) is 254 Å². The van der Waals surface area contributed by atoms with E-state index < -0.39 is 0 Å². The lowest BCUT2D eigenvalue weighted by molar-refractivity contribution is 0.486. The molecule has 4 heterocycles. The van der Waals surface area contributed by atoms with Crippen LogP contribution in [0.5, 0.6) is 11.5 Å². The Kier molecular flexibility index (Phi) is 13.0. The summed E-state index contributed by atoms with van der Waals surface area (Å²) in [5, 5.41) is 0. The second kappa shape index (κ2) is 22.2. The van der Waals surface area contributed by atoms with Crippen LogP contribution in [-0.4, -0.2) is 13.4 Å². The highest BCUT2D eigenvalue weighted by molar-refractivity contribution is 8.00. The van der Waals surface area contributed by atoms with Gasteiger partial charge in [-0.2, -0.15) is 0 Å². The maximum absolute atomic E-state index is 7.29. The Morgan fingerprint density at radius 3 is 1.46 bits per heavy atom. The fraction of sp³-hybridized carbons (Fsp3) is 0. The number of anilines is 12. The largest absolute Gasteiger partial charge is 0.458 e. The van der Waals surface area contributed by atoms with Crippen LogP contribution in [0.15, 0.2) is 350 Å². The monoisotopic (exact) mass is 1190 g/mol. The first kappa shape index (κ1) is 53.6. The van der Waals surface area contributed by atoms with Gasteiger partial charge in [0, 0.05) is 72.5 Å². The molecule has 4 aliphatic rings. The van der Waals surface area contributed by atoms with E-state index in [0.717, 1.165) is 118 Å². The molecule has 5 nitrogen and oxygen atoms in total. The average molecular weight is 1190 g/mol. The summed E-state index contributed by atoms with van der Waals surface area (Å²) in [4.78, 5) is 12.3. The van der Waals surface area contributed by atoms with Gasteiger partial charge < -0.3 is 24.3 Å². The molecule has 0 N–H and O–H groups in total. The molecule has 14 aromatic rings. The van der Waals surface area contributed by atoms with Crippen molar-refractivity contribution in [3.63, 3.8) is 0 Å². The highest BCUT2D eigenvalue weighted by atomic mass is 32.2. The highest BCUT2D eigenvalue weighted by Crippen LogP contribution is 2.52. The predicted octanol–water partition coefficient (Wildman–Crippen LogP) is 18.8. The quantitative estimate of drug-likeness (QED) is 0.120. The number of hydrogen-bond donors (Lipinski definition) is 0. The SMILES string of the molecule is c1ccc(-c2ccc(N(c3cc4c5c(c3)Sc3cc6c(cc3B5c3ccccc3O4)B3c4ccccc4N(c4ccccc4)c4cc(N(c5ccccc5)c5ccccc5)cc(c43)N6c3ccccc3-c3ccccc3)c3ccccc3-c3ccccc3)cc2)cc1. The molecule has 0 fully saturated rings. The van der Waals surface area contributed by atoms with Gasteiger partial charge in [0.05, 0.1) is 22.7 Å². The Morgan fingerprint density at radius 2 is 0.772 bits per heavy atom. The minimum atomic E-state index is -0.151. The first-order chi connectivity index (χ1) is 45.7. The zero-order chi connectivity index (χ0) is 60.6. The van der Waals surface area contributed by atoms with Crippen LogP contribution in [0, 0.1) is 0 Å². The molecule has 0 bridgehead atoms. The second-order valence-electron chi connectivity index (χ2n) is 23.9. The van der Waals surface area contributed by atoms with Crippen LogP contribution in [0.1, 0.15) is 0 Å². The van der Waals surface area contributed by atoms with E-state index in [0.29, 0.717) is 0 Å². The summed E-state index contributed by atoms with van der Waals surface area (Å²) in [6, 6.07) is 124. The molecule has 8 heteroatoms. The van der Waals surface area contributed by atoms with Gasteiger partial charge in [-0.15, -0.1) is 0 Å². The van der Waals surface area contributed by atoms with Crippen LogP contribution in [0.25, 0.3) is 33.4 Å². The second-order valence-corrected chi connectivity index (χ2v) is 25.0. The summed E-state index contributed by atoms with van der Waals surface area (Å²) < 4.78 is 7.29. The number of para-hydroxylation sites is 7. The van der Waals surface area contributed by atoms with E-state index >= 15 is 0 Å². The molecule has 0 unspecified atom stereocenters. The summed E-state index contributed by atoms with van der Waals surface area (Å²) in [6.07, 6.45) is 0. The van der Waals surface area contributed by atoms with E-state index in [4.69, 9.17) is 4.74 Å². The predicted molar refractivity (Wildman–Crippen MR) is 388 cm³/mol. The van der Waals surface area contributed by atoms with Crippen molar-refractivity contribution in [2.24, 2.45) is 0 Å². The molecular weight excluding hydrogens is 1130 g/mol. The molecule has 0 atom stereocenters. The molecule has 0 spiro atoms. The minimum absolute atomic E-state index is 0.131. The van der Waals surface area contributed by atoms with Gasteiger partial charge in [-0.3, -0.25) is 0 Å². The summed E-state index contributed by atoms with van der Waals surface area (Å²) >= 11 is 1.86. The van der Waals surface area contributed by atoms with E-state index in [1.807, 2.05) is 11.8 Å². The van der Waals surface area contributed by atoms with Crippen LogP contribution in [-0.2, 0) is 0 Å². The summed E-state index contributed by atoms with van der Waals surface area (Å²) in [5.74, 6) is 1.73. The molecule has 0 aromatic heterocycles. The van der Waals surface area contributed by atoms with E-state index in [1.165, 1.54) is 37.8 Å². The number of fused-ring (bicyclic) bond motifs is 8. The van der Waals surface area contributed by atoms with Crippen LogP contribution >= 0.6 is 11.8 Å². The zero-order valence-electron chi connectivity index (χ0n) is 50.1. The molecule has 92 heavy (non-hydrogen) atoms. The summed E-state index contributed by atoms with van der Waals surface area (Å²) in [6.45, 7) is -0.281. The van der Waals surface area contributed by atoms with Crippen molar-refractivity contribution in [2.75, 3.05) is 19.6 Å². The summed E-state index contributed by atoms with van der Waals surface area (Å²) in [5.41, 5.74) is 27.4. The highest BCUT2D eigenvalue weighted by Gasteiger charge is 2.47. The zero-order valence-corrected chi connectivity index (χ0v) is 50.9. The molecule has 14 aromatic carbocycles.